The minimum atomic E-state index is -0.388. The van der Waals surface area contributed by atoms with Gasteiger partial charge in [-0.1, -0.05) is 17.7 Å². The number of carbonyl (C=O) groups excluding carboxylic acids is 2. The molecule has 23 heavy (non-hydrogen) atoms. The molecule has 5 nitrogen and oxygen atoms in total. The molecule has 5 rings (SSSR count). The Morgan fingerprint density at radius 2 is 1.83 bits per heavy atom. The quantitative estimate of drug-likeness (QED) is 0.487. The predicted molar refractivity (Wildman–Crippen MR) is 87.9 cm³/mol. The van der Waals surface area contributed by atoms with Gasteiger partial charge in [-0.25, -0.2) is 0 Å². The van der Waals surface area contributed by atoms with Crippen LogP contribution in [0.5, 0.6) is 0 Å². The summed E-state index contributed by atoms with van der Waals surface area (Å²) in [6, 6.07) is 8.98. The Morgan fingerprint density at radius 1 is 1.00 bits per heavy atom. The number of fused-ring (bicyclic) bond motifs is 8. The van der Waals surface area contributed by atoms with E-state index in [1.54, 1.807) is 30.5 Å². The Hall–Kier alpha value is -2.92. The molecule has 0 aliphatic carbocycles. The molecule has 1 aliphatic heterocycles. The molecular formula is C17H8ClN3O2. The van der Waals surface area contributed by atoms with Gasteiger partial charge >= 0.3 is 0 Å². The smallest absolute Gasteiger partial charge is 0.259 e. The molecule has 0 atom stereocenters. The summed E-state index contributed by atoms with van der Waals surface area (Å²) in [5.41, 5.74) is 3.02. The summed E-state index contributed by atoms with van der Waals surface area (Å²) in [6.45, 7) is 0. The lowest BCUT2D eigenvalue weighted by molar-refractivity contribution is 0.0880. The van der Waals surface area contributed by atoms with Crippen LogP contribution in [0.3, 0.4) is 0 Å². The van der Waals surface area contributed by atoms with E-state index < -0.39 is 0 Å². The Labute approximate surface area is 134 Å². The van der Waals surface area contributed by atoms with Crippen molar-refractivity contribution in [3.63, 3.8) is 0 Å². The standard InChI is InChI=1S/C17H8ClN3O2/c18-7-3-4-10-9(6-7)11-13-12(16(22)21-17(13)23)8-2-1-5-19-14(8)15(11)20-10/h1-6,20H,(H,21,22,23). The SMILES string of the molecule is O=C1NC(=O)c2c1c1cccnc1c1[nH]c3ccc(Cl)cc3c21. The van der Waals surface area contributed by atoms with E-state index in [-0.39, 0.29) is 11.8 Å². The summed E-state index contributed by atoms with van der Waals surface area (Å²) in [6.07, 6.45) is 1.67. The molecule has 2 aromatic carbocycles. The van der Waals surface area contributed by atoms with Crippen molar-refractivity contribution in [1.82, 2.24) is 15.3 Å². The molecule has 3 heterocycles. The summed E-state index contributed by atoms with van der Waals surface area (Å²) in [5.74, 6) is -0.775. The van der Waals surface area contributed by atoms with Gasteiger partial charge in [-0.15, -0.1) is 0 Å². The highest BCUT2D eigenvalue weighted by molar-refractivity contribution is 6.37. The first-order chi connectivity index (χ1) is 11.1. The number of benzene rings is 2. The van der Waals surface area contributed by atoms with Gasteiger partial charge in [-0.3, -0.25) is 19.9 Å². The number of hydrogen-bond donors (Lipinski definition) is 2. The van der Waals surface area contributed by atoms with E-state index in [9.17, 15) is 9.59 Å². The molecule has 0 saturated heterocycles. The van der Waals surface area contributed by atoms with Crippen molar-refractivity contribution in [3.05, 3.63) is 52.7 Å². The molecule has 0 unspecified atom stereocenters. The van der Waals surface area contributed by atoms with Crippen molar-refractivity contribution in [2.45, 2.75) is 0 Å². The number of H-pyrrole nitrogens is 1. The van der Waals surface area contributed by atoms with Gasteiger partial charge in [0.2, 0.25) is 0 Å². The molecule has 110 valence electrons. The van der Waals surface area contributed by atoms with Crippen molar-refractivity contribution in [2.75, 3.05) is 0 Å². The van der Waals surface area contributed by atoms with E-state index in [1.807, 2.05) is 6.07 Å². The van der Waals surface area contributed by atoms with E-state index >= 15 is 0 Å². The zero-order valence-electron chi connectivity index (χ0n) is 11.6. The van der Waals surface area contributed by atoms with Crippen LogP contribution in [0.2, 0.25) is 5.02 Å². The Bertz CT molecular complexity index is 1190. The van der Waals surface area contributed by atoms with E-state index in [1.165, 1.54) is 0 Å². The number of aromatic nitrogens is 2. The highest BCUT2D eigenvalue weighted by Gasteiger charge is 2.33. The number of pyridine rings is 1. The second-order valence-electron chi connectivity index (χ2n) is 5.50. The second kappa shape index (κ2) is 4.08. The largest absolute Gasteiger partial charge is 0.353 e. The highest BCUT2D eigenvalue weighted by Crippen LogP contribution is 2.38. The number of carbonyl (C=O) groups is 2. The minimum Gasteiger partial charge on any atom is -0.353 e. The number of rotatable bonds is 0. The zero-order chi connectivity index (χ0) is 15.7. The lowest BCUT2D eigenvalue weighted by Gasteiger charge is -2.04. The molecule has 0 fully saturated rings. The first-order valence-corrected chi connectivity index (χ1v) is 7.40. The molecule has 2 amide bonds. The van der Waals surface area contributed by atoms with Gasteiger partial charge in [-0.2, -0.15) is 0 Å². The summed E-state index contributed by atoms with van der Waals surface area (Å²) in [4.78, 5) is 32.3. The van der Waals surface area contributed by atoms with Crippen molar-refractivity contribution >= 4 is 56.1 Å². The molecular weight excluding hydrogens is 314 g/mol. The minimum absolute atomic E-state index is 0.381. The fraction of sp³-hybridized carbons (Fsp3) is 0. The lowest BCUT2D eigenvalue weighted by atomic mass is 9.97. The zero-order valence-corrected chi connectivity index (χ0v) is 12.4. The molecule has 1 aliphatic rings. The average Bonchev–Trinajstić information content (AvgIpc) is 3.05. The molecule has 6 heteroatoms. The van der Waals surface area contributed by atoms with Gasteiger partial charge in [0.25, 0.3) is 11.8 Å². The van der Waals surface area contributed by atoms with E-state index in [2.05, 4.69) is 15.3 Å². The van der Waals surface area contributed by atoms with Crippen LogP contribution >= 0.6 is 11.6 Å². The fourth-order valence-electron chi connectivity index (χ4n) is 3.36. The fourth-order valence-corrected chi connectivity index (χ4v) is 3.53. The maximum absolute atomic E-state index is 12.4. The topological polar surface area (TPSA) is 74.8 Å². The van der Waals surface area contributed by atoms with Crippen LogP contribution in [0, 0.1) is 0 Å². The van der Waals surface area contributed by atoms with E-state index in [0.29, 0.717) is 32.4 Å². The number of imide groups is 1. The lowest BCUT2D eigenvalue weighted by Crippen LogP contribution is -2.20. The molecule has 0 bridgehead atoms. The van der Waals surface area contributed by atoms with E-state index in [0.717, 1.165) is 16.4 Å². The molecule has 0 radical (unpaired) electrons. The summed E-state index contributed by atoms with van der Waals surface area (Å²) >= 11 is 6.11. The third kappa shape index (κ3) is 1.49. The Kier molecular flexibility index (Phi) is 2.24. The monoisotopic (exact) mass is 321 g/mol. The van der Waals surface area contributed by atoms with Gasteiger partial charge in [0, 0.05) is 32.9 Å². The number of aromatic amines is 1. The number of halogens is 1. The predicted octanol–water partition coefficient (Wildman–Crippen LogP) is 3.41. The molecule has 2 N–H and O–H groups in total. The van der Waals surface area contributed by atoms with Crippen LogP contribution in [-0.2, 0) is 0 Å². The summed E-state index contributed by atoms with van der Waals surface area (Å²) in [7, 11) is 0. The van der Waals surface area contributed by atoms with Gasteiger partial charge in [-0.05, 0) is 24.3 Å². The van der Waals surface area contributed by atoms with Crippen LogP contribution in [0.15, 0.2) is 36.5 Å². The third-order valence-electron chi connectivity index (χ3n) is 4.26. The van der Waals surface area contributed by atoms with Gasteiger partial charge < -0.3 is 4.98 Å². The van der Waals surface area contributed by atoms with Crippen LogP contribution in [-0.4, -0.2) is 21.8 Å². The van der Waals surface area contributed by atoms with Crippen LogP contribution in [0.25, 0.3) is 32.7 Å². The average molecular weight is 322 g/mol. The maximum atomic E-state index is 12.4. The van der Waals surface area contributed by atoms with Crippen molar-refractivity contribution in [3.8, 4) is 0 Å². The van der Waals surface area contributed by atoms with Crippen molar-refractivity contribution < 1.29 is 9.59 Å². The number of nitrogens with zero attached hydrogens (tertiary/aromatic N) is 1. The number of amides is 2. The Morgan fingerprint density at radius 3 is 2.70 bits per heavy atom. The molecule has 4 aromatic rings. The van der Waals surface area contributed by atoms with Gasteiger partial charge in [0.05, 0.1) is 22.2 Å². The van der Waals surface area contributed by atoms with Crippen LogP contribution in [0.1, 0.15) is 20.7 Å². The second-order valence-corrected chi connectivity index (χ2v) is 5.93. The normalized spacial score (nSPS) is 14.0. The number of hydrogen-bond acceptors (Lipinski definition) is 3. The van der Waals surface area contributed by atoms with E-state index in [4.69, 9.17) is 11.6 Å². The van der Waals surface area contributed by atoms with Gasteiger partial charge in [0.15, 0.2) is 0 Å². The van der Waals surface area contributed by atoms with Crippen LogP contribution in [0.4, 0.5) is 0 Å². The molecule has 2 aromatic heterocycles. The van der Waals surface area contributed by atoms with Crippen molar-refractivity contribution in [1.29, 1.82) is 0 Å². The maximum Gasteiger partial charge on any atom is 0.259 e. The first kappa shape index (κ1) is 12.6. The summed E-state index contributed by atoms with van der Waals surface area (Å²) < 4.78 is 0. The molecule has 0 spiro atoms. The molecule has 0 saturated carbocycles. The highest BCUT2D eigenvalue weighted by atomic mass is 35.5. The van der Waals surface area contributed by atoms with Crippen LogP contribution < -0.4 is 5.32 Å². The number of nitrogens with one attached hydrogen (secondary N) is 2. The Balaban J connectivity index is 2.18. The third-order valence-corrected chi connectivity index (χ3v) is 4.49. The van der Waals surface area contributed by atoms with Gasteiger partial charge in [0.1, 0.15) is 0 Å². The first-order valence-electron chi connectivity index (χ1n) is 7.02. The summed E-state index contributed by atoms with van der Waals surface area (Å²) in [5, 5.41) is 5.11. The van der Waals surface area contributed by atoms with Crippen molar-refractivity contribution in [2.24, 2.45) is 0 Å².